The molecule has 0 unspecified atom stereocenters. The fourth-order valence-corrected chi connectivity index (χ4v) is 1.90. The molecule has 2 nitrogen and oxygen atoms in total. The second-order valence-electron chi connectivity index (χ2n) is 4.14. The molecule has 0 N–H and O–H groups in total. The monoisotopic (exact) mass is 199 g/mol. The number of hydrogen-bond donors (Lipinski definition) is 0. The van der Waals surface area contributed by atoms with Gasteiger partial charge in [0.1, 0.15) is 0 Å². The fraction of sp³-hybridized carbons (Fsp3) is 0.308. The largest absolute Gasteiger partial charge is 0.366 e. The Balaban J connectivity index is 2.60. The number of hydrogen-bond acceptors (Lipinski definition) is 2. The molecular weight excluding hydrogens is 186 g/mol. The van der Waals surface area contributed by atoms with E-state index in [4.69, 9.17) is 10.00 Å². The minimum atomic E-state index is -0.261. The van der Waals surface area contributed by atoms with E-state index in [2.05, 4.69) is 26.0 Å². The Morgan fingerprint density at radius 3 is 2.87 bits per heavy atom. The van der Waals surface area contributed by atoms with Crippen molar-refractivity contribution < 1.29 is 4.74 Å². The minimum absolute atomic E-state index is 0.261. The first-order valence-corrected chi connectivity index (χ1v) is 4.97. The molecule has 76 valence electrons. The minimum Gasteiger partial charge on any atom is -0.366 e. The van der Waals surface area contributed by atoms with Gasteiger partial charge in [-0.15, -0.1) is 0 Å². The first-order valence-electron chi connectivity index (χ1n) is 4.97. The molecule has 0 aliphatic carbocycles. The number of nitrogens with zero attached hydrogens (tertiary/aromatic N) is 1. The van der Waals surface area contributed by atoms with Crippen LogP contribution in [-0.2, 0) is 10.3 Å². The molecule has 0 radical (unpaired) electrons. The highest BCUT2D eigenvalue weighted by Crippen LogP contribution is 2.36. The van der Waals surface area contributed by atoms with Gasteiger partial charge in [0.2, 0.25) is 0 Å². The molecular formula is C13H13NO. The van der Waals surface area contributed by atoms with Gasteiger partial charge in [-0.05, 0) is 30.5 Å². The van der Waals surface area contributed by atoms with E-state index < -0.39 is 0 Å². The van der Waals surface area contributed by atoms with Crippen molar-refractivity contribution in [2.45, 2.75) is 19.4 Å². The molecule has 1 aromatic rings. The summed E-state index contributed by atoms with van der Waals surface area (Å²) in [6.45, 7) is 4.61. The van der Waals surface area contributed by atoms with E-state index in [0.29, 0.717) is 6.61 Å². The molecule has 0 saturated carbocycles. The molecule has 1 aliphatic rings. The molecule has 0 amide bonds. The van der Waals surface area contributed by atoms with Crippen molar-refractivity contribution in [3.05, 3.63) is 41.5 Å². The smallest absolute Gasteiger partial charge is 0.0916 e. The maximum atomic E-state index is 8.69. The van der Waals surface area contributed by atoms with Crippen molar-refractivity contribution in [2.24, 2.45) is 0 Å². The predicted octanol–water partition coefficient (Wildman–Crippen LogP) is 2.86. The number of ether oxygens (including phenoxy) is 1. The Hall–Kier alpha value is -1.59. The van der Waals surface area contributed by atoms with E-state index in [9.17, 15) is 0 Å². The maximum Gasteiger partial charge on any atom is 0.0916 e. The van der Waals surface area contributed by atoms with Crippen LogP contribution < -0.4 is 0 Å². The van der Waals surface area contributed by atoms with Crippen molar-refractivity contribution in [3.8, 4) is 6.07 Å². The second kappa shape index (κ2) is 3.52. The lowest BCUT2D eigenvalue weighted by atomic mass is 9.87. The van der Waals surface area contributed by atoms with Crippen molar-refractivity contribution in [1.82, 2.24) is 0 Å². The number of rotatable bonds is 0. The van der Waals surface area contributed by atoms with Crippen LogP contribution in [0, 0.1) is 11.3 Å². The van der Waals surface area contributed by atoms with Gasteiger partial charge in [-0.2, -0.15) is 5.26 Å². The number of fused-ring (bicyclic) bond motifs is 1. The fourth-order valence-electron chi connectivity index (χ4n) is 1.90. The lowest BCUT2D eigenvalue weighted by molar-refractivity contribution is -0.00787. The lowest BCUT2D eigenvalue weighted by Crippen LogP contribution is -2.28. The van der Waals surface area contributed by atoms with Crippen LogP contribution in [0.4, 0.5) is 0 Å². The molecule has 1 heterocycles. The molecule has 2 heteroatoms. The molecule has 0 saturated heterocycles. The number of benzene rings is 1. The topological polar surface area (TPSA) is 33.0 Å². The highest BCUT2D eigenvalue weighted by Gasteiger charge is 2.29. The zero-order chi connectivity index (χ0) is 10.9. The van der Waals surface area contributed by atoms with E-state index in [0.717, 1.165) is 16.7 Å². The highest BCUT2D eigenvalue weighted by molar-refractivity contribution is 5.72. The van der Waals surface area contributed by atoms with Gasteiger partial charge in [-0.25, -0.2) is 0 Å². The number of allylic oxidation sites excluding steroid dienone is 1. The zero-order valence-electron chi connectivity index (χ0n) is 8.95. The summed E-state index contributed by atoms with van der Waals surface area (Å²) in [4.78, 5) is 0. The molecule has 0 atom stereocenters. The van der Waals surface area contributed by atoms with E-state index in [1.54, 1.807) is 6.08 Å². The molecule has 0 bridgehead atoms. The SMILES string of the molecule is CC1(C)OC/C(=C\C#N)c2ccccc21. The Morgan fingerprint density at radius 2 is 2.13 bits per heavy atom. The standard InChI is InChI=1S/C13H13NO/c1-13(2)12-6-4-3-5-11(12)10(7-8-14)9-15-13/h3-7H,9H2,1-2H3/b10-7+. The van der Waals surface area contributed by atoms with Gasteiger partial charge in [0.15, 0.2) is 0 Å². The summed E-state index contributed by atoms with van der Waals surface area (Å²) in [5.41, 5.74) is 2.99. The third-order valence-electron chi connectivity index (χ3n) is 2.75. The molecule has 0 spiro atoms. The van der Waals surface area contributed by atoms with Gasteiger partial charge in [-0.1, -0.05) is 24.3 Å². The van der Waals surface area contributed by atoms with Gasteiger partial charge < -0.3 is 4.74 Å². The van der Waals surface area contributed by atoms with Crippen molar-refractivity contribution in [2.75, 3.05) is 6.61 Å². The zero-order valence-corrected chi connectivity index (χ0v) is 8.95. The molecule has 2 rings (SSSR count). The van der Waals surface area contributed by atoms with Gasteiger partial charge >= 0.3 is 0 Å². The summed E-state index contributed by atoms with van der Waals surface area (Å²) in [6, 6.07) is 10.2. The molecule has 0 aromatic heterocycles. The van der Waals surface area contributed by atoms with Crippen LogP contribution in [0.1, 0.15) is 25.0 Å². The van der Waals surface area contributed by atoms with Gasteiger partial charge in [0.05, 0.1) is 18.3 Å². The first kappa shape index (κ1) is 9.95. The van der Waals surface area contributed by atoms with Crippen molar-refractivity contribution in [3.63, 3.8) is 0 Å². The molecule has 15 heavy (non-hydrogen) atoms. The van der Waals surface area contributed by atoms with E-state index in [1.807, 2.05) is 18.2 Å². The summed E-state index contributed by atoms with van der Waals surface area (Å²) in [5, 5.41) is 8.69. The van der Waals surface area contributed by atoms with Crippen molar-refractivity contribution in [1.29, 1.82) is 5.26 Å². The average molecular weight is 199 g/mol. The Labute approximate surface area is 89.8 Å². The third kappa shape index (κ3) is 1.67. The van der Waals surface area contributed by atoms with Crippen LogP contribution in [-0.4, -0.2) is 6.61 Å². The molecule has 1 aromatic carbocycles. The summed E-state index contributed by atoms with van der Waals surface area (Å²) >= 11 is 0. The van der Waals surface area contributed by atoms with Crippen LogP contribution in [0.25, 0.3) is 5.57 Å². The van der Waals surface area contributed by atoms with Crippen LogP contribution >= 0.6 is 0 Å². The Bertz CT molecular complexity index is 452. The normalized spacial score (nSPS) is 20.7. The van der Waals surface area contributed by atoms with E-state index in [-0.39, 0.29) is 5.60 Å². The predicted molar refractivity (Wildman–Crippen MR) is 59.0 cm³/mol. The van der Waals surface area contributed by atoms with Gasteiger partial charge in [0.25, 0.3) is 0 Å². The Kier molecular flexibility index (Phi) is 2.34. The summed E-state index contributed by atoms with van der Waals surface area (Å²) in [5.74, 6) is 0. The van der Waals surface area contributed by atoms with Crippen LogP contribution in [0.5, 0.6) is 0 Å². The van der Waals surface area contributed by atoms with Crippen LogP contribution in [0.2, 0.25) is 0 Å². The lowest BCUT2D eigenvalue weighted by Gasteiger charge is -2.33. The van der Waals surface area contributed by atoms with Gasteiger partial charge in [-0.3, -0.25) is 0 Å². The van der Waals surface area contributed by atoms with E-state index in [1.165, 1.54) is 0 Å². The molecule has 1 aliphatic heterocycles. The summed E-state index contributed by atoms with van der Waals surface area (Å²) < 4.78 is 5.74. The van der Waals surface area contributed by atoms with Crippen LogP contribution in [0.3, 0.4) is 0 Å². The average Bonchev–Trinajstić information content (AvgIpc) is 2.23. The third-order valence-corrected chi connectivity index (χ3v) is 2.75. The highest BCUT2D eigenvalue weighted by atomic mass is 16.5. The van der Waals surface area contributed by atoms with Gasteiger partial charge in [0, 0.05) is 6.08 Å². The summed E-state index contributed by atoms with van der Waals surface area (Å²) in [6.07, 6.45) is 1.56. The second-order valence-corrected chi connectivity index (χ2v) is 4.14. The Morgan fingerprint density at radius 1 is 1.40 bits per heavy atom. The molecule has 0 fully saturated rings. The van der Waals surface area contributed by atoms with Crippen LogP contribution in [0.15, 0.2) is 30.3 Å². The maximum absolute atomic E-state index is 8.69. The quantitative estimate of drug-likeness (QED) is 0.602. The van der Waals surface area contributed by atoms with Crippen molar-refractivity contribution >= 4 is 5.57 Å². The van der Waals surface area contributed by atoms with E-state index >= 15 is 0 Å². The first-order chi connectivity index (χ1) is 7.15. The number of nitriles is 1. The summed E-state index contributed by atoms with van der Waals surface area (Å²) in [7, 11) is 0.